The Morgan fingerprint density at radius 2 is 1.88 bits per heavy atom. The van der Waals surface area contributed by atoms with Crippen molar-refractivity contribution < 1.29 is 15.3 Å². The van der Waals surface area contributed by atoms with E-state index in [1.54, 1.807) is 6.07 Å². The number of hydrogen-bond donors (Lipinski definition) is 4. The molecule has 0 aliphatic heterocycles. The van der Waals surface area contributed by atoms with Crippen molar-refractivity contribution in [3.63, 3.8) is 0 Å². The van der Waals surface area contributed by atoms with Gasteiger partial charge in [-0.05, 0) is 37.1 Å². The van der Waals surface area contributed by atoms with Crippen LogP contribution in [0.3, 0.4) is 0 Å². The molecule has 0 aliphatic rings. The minimum atomic E-state index is -0.601. The highest BCUT2D eigenvalue weighted by Gasteiger charge is 2.09. The van der Waals surface area contributed by atoms with Gasteiger partial charge in [0.1, 0.15) is 0 Å². The first-order chi connectivity index (χ1) is 8.00. The van der Waals surface area contributed by atoms with Gasteiger partial charge in [-0.1, -0.05) is 19.9 Å². The van der Waals surface area contributed by atoms with Crippen LogP contribution in [0, 0.1) is 0 Å². The van der Waals surface area contributed by atoms with Gasteiger partial charge in [-0.2, -0.15) is 0 Å². The van der Waals surface area contributed by atoms with Crippen molar-refractivity contribution in [2.75, 3.05) is 6.54 Å². The first-order valence-corrected chi connectivity index (χ1v) is 5.94. The molecule has 4 heteroatoms. The van der Waals surface area contributed by atoms with Gasteiger partial charge in [-0.25, -0.2) is 0 Å². The zero-order valence-corrected chi connectivity index (χ0v) is 10.3. The number of aliphatic hydroxyl groups excluding tert-OH is 1. The summed E-state index contributed by atoms with van der Waals surface area (Å²) in [5.74, 6) is -0.357. The second kappa shape index (κ2) is 6.47. The van der Waals surface area contributed by atoms with Gasteiger partial charge in [-0.3, -0.25) is 0 Å². The van der Waals surface area contributed by atoms with Crippen LogP contribution < -0.4 is 5.32 Å². The lowest BCUT2D eigenvalue weighted by Gasteiger charge is -2.13. The number of phenols is 2. The third kappa shape index (κ3) is 4.63. The molecule has 0 spiro atoms. The van der Waals surface area contributed by atoms with Crippen LogP contribution in [0.2, 0.25) is 0 Å². The van der Waals surface area contributed by atoms with E-state index in [-0.39, 0.29) is 11.5 Å². The molecule has 0 saturated heterocycles. The van der Waals surface area contributed by atoms with Crippen molar-refractivity contribution in [2.45, 2.75) is 38.8 Å². The van der Waals surface area contributed by atoms with E-state index in [2.05, 4.69) is 19.2 Å². The SMILES string of the molecule is CC(C)NCCCC(O)c1ccc(O)c(O)c1. The third-order valence-electron chi connectivity index (χ3n) is 2.59. The van der Waals surface area contributed by atoms with Gasteiger partial charge in [0, 0.05) is 6.04 Å². The van der Waals surface area contributed by atoms with Gasteiger partial charge in [0.05, 0.1) is 6.10 Å². The summed E-state index contributed by atoms with van der Waals surface area (Å²) in [5.41, 5.74) is 0.629. The van der Waals surface area contributed by atoms with E-state index in [0.717, 1.165) is 13.0 Å². The summed E-state index contributed by atoms with van der Waals surface area (Å²) in [6.45, 7) is 5.02. The number of hydrogen-bond acceptors (Lipinski definition) is 4. The Labute approximate surface area is 102 Å². The van der Waals surface area contributed by atoms with Crippen LogP contribution in [-0.2, 0) is 0 Å². The lowest BCUT2D eigenvalue weighted by molar-refractivity contribution is 0.163. The average molecular weight is 239 g/mol. The van der Waals surface area contributed by atoms with Gasteiger partial charge in [0.2, 0.25) is 0 Å². The van der Waals surface area contributed by atoms with Crippen molar-refractivity contribution in [1.29, 1.82) is 0 Å². The summed E-state index contributed by atoms with van der Waals surface area (Å²) >= 11 is 0. The molecule has 0 bridgehead atoms. The predicted molar refractivity (Wildman–Crippen MR) is 67.1 cm³/mol. The fourth-order valence-electron chi connectivity index (χ4n) is 1.60. The van der Waals surface area contributed by atoms with Gasteiger partial charge in [0.15, 0.2) is 11.5 Å². The molecule has 0 radical (unpaired) electrons. The number of aromatic hydroxyl groups is 2. The number of rotatable bonds is 6. The summed E-state index contributed by atoms with van der Waals surface area (Å²) in [6, 6.07) is 4.86. The van der Waals surface area contributed by atoms with Crippen molar-refractivity contribution >= 4 is 0 Å². The second-order valence-corrected chi connectivity index (χ2v) is 4.52. The molecular formula is C13H21NO3. The monoisotopic (exact) mass is 239 g/mol. The maximum atomic E-state index is 9.88. The highest BCUT2D eigenvalue weighted by molar-refractivity contribution is 5.41. The molecule has 0 aliphatic carbocycles. The molecule has 0 heterocycles. The maximum absolute atomic E-state index is 9.88. The topological polar surface area (TPSA) is 72.7 Å². The minimum Gasteiger partial charge on any atom is -0.504 e. The zero-order valence-electron chi connectivity index (χ0n) is 10.3. The molecule has 0 saturated carbocycles. The van der Waals surface area contributed by atoms with E-state index >= 15 is 0 Å². The maximum Gasteiger partial charge on any atom is 0.157 e. The third-order valence-corrected chi connectivity index (χ3v) is 2.59. The van der Waals surface area contributed by atoms with Crippen LogP contribution in [0.1, 0.15) is 38.4 Å². The molecule has 4 N–H and O–H groups in total. The fraction of sp³-hybridized carbons (Fsp3) is 0.538. The average Bonchev–Trinajstić information content (AvgIpc) is 2.27. The van der Waals surface area contributed by atoms with Crippen LogP contribution in [0.4, 0.5) is 0 Å². The molecule has 1 unspecified atom stereocenters. The molecule has 96 valence electrons. The van der Waals surface area contributed by atoms with Gasteiger partial charge < -0.3 is 20.6 Å². The molecule has 17 heavy (non-hydrogen) atoms. The lowest BCUT2D eigenvalue weighted by Crippen LogP contribution is -2.23. The first kappa shape index (κ1) is 13.8. The molecular weight excluding hydrogens is 218 g/mol. The molecule has 4 nitrogen and oxygen atoms in total. The minimum absolute atomic E-state index is 0.164. The number of phenolic OH excluding ortho intramolecular Hbond substituents is 2. The normalized spacial score (nSPS) is 12.9. The van der Waals surface area contributed by atoms with Crippen LogP contribution >= 0.6 is 0 Å². The van der Waals surface area contributed by atoms with Crippen LogP contribution in [0.25, 0.3) is 0 Å². The zero-order chi connectivity index (χ0) is 12.8. The van der Waals surface area contributed by atoms with Gasteiger partial charge in [-0.15, -0.1) is 0 Å². The van der Waals surface area contributed by atoms with E-state index in [1.807, 2.05) is 0 Å². The van der Waals surface area contributed by atoms with Gasteiger partial charge in [0.25, 0.3) is 0 Å². The quantitative estimate of drug-likeness (QED) is 0.452. The second-order valence-electron chi connectivity index (χ2n) is 4.52. The Morgan fingerprint density at radius 3 is 2.47 bits per heavy atom. The van der Waals surface area contributed by atoms with Crippen LogP contribution in [0.5, 0.6) is 11.5 Å². The van der Waals surface area contributed by atoms with Crippen molar-refractivity contribution in [3.05, 3.63) is 23.8 Å². The lowest BCUT2D eigenvalue weighted by atomic mass is 10.0. The first-order valence-electron chi connectivity index (χ1n) is 5.94. The molecule has 1 aromatic rings. The Hall–Kier alpha value is -1.26. The van der Waals surface area contributed by atoms with Crippen molar-refractivity contribution in [3.8, 4) is 11.5 Å². The summed E-state index contributed by atoms with van der Waals surface area (Å²) in [7, 11) is 0. The van der Waals surface area contributed by atoms with Crippen LogP contribution in [0.15, 0.2) is 18.2 Å². The fourth-order valence-corrected chi connectivity index (χ4v) is 1.60. The van der Waals surface area contributed by atoms with E-state index in [0.29, 0.717) is 18.0 Å². The van der Waals surface area contributed by atoms with E-state index in [9.17, 15) is 10.2 Å². The Balaban J connectivity index is 2.41. The highest BCUT2D eigenvalue weighted by Crippen LogP contribution is 2.29. The summed E-state index contributed by atoms with van der Waals surface area (Å²) in [6.07, 6.45) is 0.890. The molecule has 1 aromatic carbocycles. The summed E-state index contributed by atoms with van der Waals surface area (Å²) in [4.78, 5) is 0. The molecule has 0 aromatic heterocycles. The summed E-state index contributed by atoms with van der Waals surface area (Å²) in [5, 5.41) is 31.6. The smallest absolute Gasteiger partial charge is 0.157 e. The summed E-state index contributed by atoms with van der Waals surface area (Å²) < 4.78 is 0. The van der Waals surface area contributed by atoms with Crippen molar-refractivity contribution in [1.82, 2.24) is 5.32 Å². The standard InChI is InChI=1S/C13H21NO3/c1-9(2)14-7-3-4-11(15)10-5-6-12(16)13(17)8-10/h5-6,8-9,11,14-17H,3-4,7H2,1-2H3. The Kier molecular flexibility index (Phi) is 5.25. The molecule has 1 atom stereocenters. The Bertz CT molecular complexity index is 353. The Morgan fingerprint density at radius 1 is 1.18 bits per heavy atom. The molecule has 1 rings (SSSR count). The molecule has 0 amide bonds. The van der Waals surface area contributed by atoms with E-state index < -0.39 is 6.10 Å². The largest absolute Gasteiger partial charge is 0.504 e. The van der Waals surface area contributed by atoms with Crippen molar-refractivity contribution in [2.24, 2.45) is 0 Å². The van der Waals surface area contributed by atoms with E-state index in [4.69, 9.17) is 5.11 Å². The van der Waals surface area contributed by atoms with Gasteiger partial charge >= 0.3 is 0 Å². The number of benzene rings is 1. The number of aliphatic hydroxyl groups is 1. The molecule has 0 fully saturated rings. The van der Waals surface area contributed by atoms with Crippen LogP contribution in [-0.4, -0.2) is 27.9 Å². The highest BCUT2D eigenvalue weighted by atomic mass is 16.3. The predicted octanol–water partition coefficient (Wildman–Crippen LogP) is 1.91. The number of nitrogens with one attached hydrogen (secondary N) is 1. The van der Waals surface area contributed by atoms with E-state index in [1.165, 1.54) is 12.1 Å².